The number of amides is 2. The topological polar surface area (TPSA) is 63.6 Å². The minimum atomic E-state index is -0.413. The number of nitrogens with one attached hydrogen (secondary N) is 1. The molecule has 1 fully saturated rings. The molecule has 0 spiro atoms. The minimum absolute atomic E-state index is 0.110. The van der Waals surface area contributed by atoms with E-state index in [-0.39, 0.29) is 11.5 Å². The molecule has 3 aromatic carbocycles. The van der Waals surface area contributed by atoms with Gasteiger partial charge in [-0.1, -0.05) is 48.5 Å². The van der Waals surface area contributed by atoms with Gasteiger partial charge >= 0.3 is 0 Å². The lowest BCUT2D eigenvalue weighted by atomic mass is 10.1. The zero-order chi connectivity index (χ0) is 24.4. The van der Waals surface area contributed by atoms with Crippen LogP contribution in [0.1, 0.15) is 22.5 Å². The molecule has 35 heavy (non-hydrogen) atoms. The Morgan fingerprint density at radius 3 is 2.17 bits per heavy atom. The number of ether oxygens (including phenoxy) is 1. The summed E-state index contributed by atoms with van der Waals surface area (Å²) in [6.45, 7) is 4.49. The number of aromatic nitrogens is 1. The van der Waals surface area contributed by atoms with Crippen LogP contribution in [0, 0.1) is 13.8 Å². The van der Waals surface area contributed by atoms with Gasteiger partial charge in [0.15, 0.2) is 0 Å². The minimum Gasteiger partial charge on any atom is -0.489 e. The molecule has 1 aromatic heterocycles. The van der Waals surface area contributed by atoms with Gasteiger partial charge in [0.1, 0.15) is 17.9 Å². The lowest BCUT2D eigenvalue weighted by Crippen LogP contribution is -2.35. The molecule has 0 radical (unpaired) electrons. The first-order chi connectivity index (χ1) is 17.0. The van der Waals surface area contributed by atoms with Gasteiger partial charge in [-0.2, -0.15) is 0 Å². The van der Waals surface area contributed by atoms with E-state index in [2.05, 4.69) is 9.99 Å². The zero-order valence-corrected chi connectivity index (χ0v) is 19.6. The van der Waals surface area contributed by atoms with E-state index in [1.54, 1.807) is 18.2 Å². The Labute approximate surface area is 204 Å². The maximum absolute atomic E-state index is 12.9. The quantitative estimate of drug-likeness (QED) is 0.318. The fourth-order valence-corrected chi connectivity index (χ4v) is 4.24. The van der Waals surface area contributed by atoms with E-state index in [0.717, 1.165) is 34.0 Å². The summed E-state index contributed by atoms with van der Waals surface area (Å²) >= 11 is 0. The lowest BCUT2D eigenvalue weighted by molar-refractivity contribution is -0.117. The highest BCUT2D eigenvalue weighted by Crippen LogP contribution is 2.27. The summed E-state index contributed by atoms with van der Waals surface area (Å²) < 4.78 is 8.00. The monoisotopic (exact) mass is 463 g/mol. The van der Waals surface area contributed by atoms with E-state index in [1.807, 2.05) is 92.7 Å². The van der Waals surface area contributed by atoms with Crippen molar-refractivity contribution in [3.63, 3.8) is 0 Å². The third kappa shape index (κ3) is 4.46. The number of para-hydroxylation sites is 1. The number of rotatable bonds is 6. The van der Waals surface area contributed by atoms with Crippen LogP contribution >= 0.6 is 0 Å². The van der Waals surface area contributed by atoms with Crippen molar-refractivity contribution < 1.29 is 14.3 Å². The molecule has 0 aliphatic carbocycles. The van der Waals surface area contributed by atoms with Crippen molar-refractivity contribution in [2.45, 2.75) is 20.5 Å². The largest absolute Gasteiger partial charge is 0.489 e. The summed E-state index contributed by atoms with van der Waals surface area (Å²) in [6, 6.07) is 29.0. The van der Waals surface area contributed by atoms with Crippen LogP contribution in [0.5, 0.6) is 5.75 Å². The number of hydrogen-bond donors (Lipinski definition) is 1. The second-order valence-electron chi connectivity index (χ2n) is 8.41. The predicted molar refractivity (Wildman–Crippen MR) is 136 cm³/mol. The van der Waals surface area contributed by atoms with Gasteiger partial charge in [0, 0.05) is 17.1 Å². The van der Waals surface area contributed by atoms with Crippen molar-refractivity contribution in [1.82, 2.24) is 9.99 Å². The molecule has 2 amide bonds. The molecule has 1 saturated heterocycles. The van der Waals surface area contributed by atoms with Gasteiger partial charge in [-0.05, 0) is 73.5 Å². The normalized spacial score (nSPS) is 14.5. The van der Waals surface area contributed by atoms with Gasteiger partial charge in [0.25, 0.3) is 11.8 Å². The number of aryl methyl sites for hydroxylation is 1. The first kappa shape index (κ1) is 22.2. The van der Waals surface area contributed by atoms with Crippen LogP contribution in [0.15, 0.2) is 96.6 Å². The van der Waals surface area contributed by atoms with Crippen molar-refractivity contribution in [1.29, 1.82) is 0 Å². The van der Waals surface area contributed by atoms with Crippen LogP contribution in [-0.4, -0.2) is 16.4 Å². The molecule has 2 heterocycles. The van der Waals surface area contributed by atoms with E-state index >= 15 is 0 Å². The van der Waals surface area contributed by atoms with Crippen molar-refractivity contribution in [2.24, 2.45) is 0 Å². The van der Waals surface area contributed by atoms with Crippen LogP contribution in [-0.2, 0) is 16.2 Å². The zero-order valence-electron chi connectivity index (χ0n) is 19.6. The van der Waals surface area contributed by atoms with E-state index in [0.29, 0.717) is 12.3 Å². The Kier molecular flexibility index (Phi) is 5.94. The Balaban J connectivity index is 1.37. The van der Waals surface area contributed by atoms with Crippen LogP contribution < -0.4 is 15.2 Å². The van der Waals surface area contributed by atoms with Crippen molar-refractivity contribution in [3.05, 3.63) is 119 Å². The van der Waals surface area contributed by atoms with Gasteiger partial charge in [-0.15, -0.1) is 0 Å². The standard InChI is InChI=1S/C29H25N3O3/c1-20-17-23(18-27-28(33)30-32(29(27)34)25-11-7-4-8-12-25)21(2)31(20)24-13-15-26(16-14-24)35-19-22-9-5-3-6-10-22/h3-18H,19H2,1-2H3,(H,30,33). The summed E-state index contributed by atoms with van der Waals surface area (Å²) in [4.78, 5) is 25.5. The fourth-order valence-electron chi connectivity index (χ4n) is 4.24. The molecule has 1 aliphatic rings. The van der Waals surface area contributed by atoms with Gasteiger partial charge in [0.05, 0.1) is 5.69 Å². The molecule has 1 N–H and O–H groups in total. The second kappa shape index (κ2) is 9.35. The number of hydrazine groups is 1. The van der Waals surface area contributed by atoms with Crippen LogP contribution in [0.25, 0.3) is 11.8 Å². The van der Waals surface area contributed by atoms with Crippen LogP contribution in [0.2, 0.25) is 0 Å². The third-order valence-corrected chi connectivity index (χ3v) is 6.02. The summed E-state index contributed by atoms with van der Waals surface area (Å²) in [6.07, 6.45) is 1.66. The Morgan fingerprint density at radius 1 is 0.829 bits per heavy atom. The molecule has 174 valence electrons. The van der Waals surface area contributed by atoms with Crippen LogP contribution in [0.3, 0.4) is 0 Å². The van der Waals surface area contributed by atoms with E-state index in [9.17, 15) is 9.59 Å². The number of hydrogen-bond acceptors (Lipinski definition) is 3. The van der Waals surface area contributed by atoms with Crippen LogP contribution in [0.4, 0.5) is 5.69 Å². The molecule has 1 aliphatic heterocycles. The highest BCUT2D eigenvalue weighted by Gasteiger charge is 2.34. The highest BCUT2D eigenvalue weighted by atomic mass is 16.5. The third-order valence-electron chi connectivity index (χ3n) is 6.02. The van der Waals surface area contributed by atoms with E-state index in [1.165, 1.54) is 5.01 Å². The predicted octanol–water partition coefficient (Wildman–Crippen LogP) is 5.13. The number of nitrogens with zero attached hydrogens (tertiary/aromatic N) is 2. The fraction of sp³-hybridized carbons (Fsp3) is 0.103. The van der Waals surface area contributed by atoms with Crippen molar-refractivity contribution in [2.75, 3.05) is 5.01 Å². The summed E-state index contributed by atoms with van der Waals surface area (Å²) in [5.41, 5.74) is 8.22. The molecular weight excluding hydrogens is 438 g/mol. The first-order valence-corrected chi connectivity index (χ1v) is 11.4. The SMILES string of the molecule is Cc1cc(C=C2C(=O)NN(c3ccccc3)C2=O)c(C)n1-c1ccc(OCc2ccccc2)cc1. The maximum atomic E-state index is 12.9. The molecular formula is C29H25N3O3. The Morgan fingerprint density at radius 2 is 1.49 bits per heavy atom. The van der Waals surface area contributed by atoms with Gasteiger partial charge in [-0.25, -0.2) is 5.01 Å². The number of anilines is 1. The summed E-state index contributed by atoms with van der Waals surface area (Å²) in [7, 11) is 0. The molecule has 4 aromatic rings. The van der Waals surface area contributed by atoms with Gasteiger partial charge in [-0.3, -0.25) is 15.0 Å². The molecule has 6 nitrogen and oxygen atoms in total. The number of carbonyl (C=O) groups excluding carboxylic acids is 2. The van der Waals surface area contributed by atoms with Crippen molar-refractivity contribution >= 4 is 23.6 Å². The van der Waals surface area contributed by atoms with E-state index in [4.69, 9.17) is 4.74 Å². The second-order valence-corrected chi connectivity index (χ2v) is 8.41. The Bertz CT molecular complexity index is 1410. The smallest absolute Gasteiger partial charge is 0.282 e. The first-order valence-electron chi connectivity index (χ1n) is 11.4. The molecule has 0 saturated carbocycles. The maximum Gasteiger partial charge on any atom is 0.282 e. The molecule has 0 bridgehead atoms. The molecule has 0 atom stereocenters. The summed E-state index contributed by atoms with van der Waals surface area (Å²) in [5, 5.41) is 1.28. The average Bonchev–Trinajstić information content (AvgIpc) is 3.33. The Hall–Kier alpha value is -4.58. The van der Waals surface area contributed by atoms with Gasteiger partial charge in [0.2, 0.25) is 0 Å². The van der Waals surface area contributed by atoms with Gasteiger partial charge < -0.3 is 9.30 Å². The molecule has 0 unspecified atom stereocenters. The number of carbonyl (C=O) groups is 2. The lowest BCUT2D eigenvalue weighted by Gasteiger charge is -2.13. The van der Waals surface area contributed by atoms with Crippen molar-refractivity contribution in [3.8, 4) is 11.4 Å². The number of benzene rings is 3. The highest BCUT2D eigenvalue weighted by molar-refractivity contribution is 6.31. The summed E-state index contributed by atoms with van der Waals surface area (Å²) in [5.74, 6) is 0.00567. The molecule has 5 rings (SSSR count). The molecule has 6 heteroatoms. The van der Waals surface area contributed by atoms with E-state index < -0.39 is 5.91 Å². The average molecular weight is 464 g/mol.